The number of likely N-dealkylation sites (N-methyl/N-ethyl adjacent to an activating group) is 1. The molecule has 0 radical (unpaired) electrons. The molecule has 26 heavy (non-hydrogen) atoms. The molecule has 2 aromatic rings. The van der Waals surface area contributed by atoms with Gasteiger partial charge in [-0.25, -0.2) is 0 Å². The molecule has 2 amide bonds. The van der Waals surface area contributed by atoms with Gasteiger partial charge in [0.2, 0.25) is 11.8 Å². The van der Waals surface area contributed by atoms with E-state index in [1.54, 1.807) is 30.1 Å². The molecule has 5 nitrogen and oxygen atoms in total. The third kappa shape index (κ3) is 6.29. The fraction of sp³-hybridized carbons (Fsp3) is 0.222. The number of hydrogen-bond donors (Lipinski definition) is 2. The summed E-state index contributed by atoms with van der Waals surface area (Å²) in [5.74, 6) is -0.463. The number of aryl methyl sites for hydroxylation is 1. The van der Waals surface area contributed by atoms with Crippen LogP contribution >= 0.6 is 39.1 Å². The van der Waals surface area contributed by atoms with Gasteiger partial charge in [-0.2, -0.15) is 0 Å². The van der Waals surface area contributed by atoms with Crippen LogP contribution in [0, 0.1) is 6.92 Å². The molecule has 0 aliphatic heterocycles. The molecular weight excluding hydrogens is 441 g/mol. The SMILES string of the molecule is Cc1ccc(NC(=O)CN(C)CC(=O)Nc2ccc(Cl)c(Cl)c2)c(Br)c1. The van der Waals surface area contributed by atoms with Gasteiger partial charge in [0.1, 0.15) is 0 Å². The normalized spacial score (nSPS) is 10.7. The summed E-state index contributed by atoms with van der Waals surface area (Å²) in [5.41, 5.74) is 2.33. The van der Waals surface area contributed by atoms with Crippen molar-refractivity contribution in [1.82, 2.24) is 4.90 Å². The predicted molar refractivity (Wildman–Crippen MR) is 110 cm³/mol. The van der Waals surface area contributed by atoms with E-state index in [1.165, 1.54) is 0 Å². The zero-order valence-corrected chi connectivity index (χ0v) is 17.4. The van der Waals surface area contributed by atoms with E-state index < -0.39 is 0 Å². The van der Waals surface area contributed by atoms with E-state index >= 15 is 0 Å². The van der Waals surface area contributed by atoms with Crippen molar-refractivity contribution in [3.8, 4) is 0 Å². The highest BCUT2D eigenvalue weighted by Gasteiger charge is 2.12. The molecule has 0 atom stereocenters. The van der Waals surface area contributed by atoms with Crippen LogP contribution in [-0.4, -0.2) is 36.9 Å². The van der Waals surface area contributed by atoms with E-state index in [4.69, 9.17) is 23.2 Å². The zero-order valence-electron chi connectivity index (χ0n) is 14.3. The highest BCUT2D eigenvalue weighted by Crippen LogP contribution is 2.25. The average molecular weight is 459 g/mol. The maximum atomic E-state index is 12.1. The van der Waals surface area contributed by atoms with E-state index in [0.29, 0.717) is 21.4 Å². The molecule has 0 aliphatic carbocycles. The number of benzene rings is 2. The van der Waals surface area contributed by atoms with Crippen LogP contribution in [-0.2, 0) is 9.59 Å². The number of carbonyl (C=O) groups excluding carboxylic acids is 2. The Kier molecular flexibility index (Phi) is 7.46. The standard InChI is InChI=1S/C18H18BrCl2N3O2/c1-11-3-6-16(13(19)7-11)23-18(26)10-24(2)9-17(25)22-12-4-5-14(20)15(21)8-12/h3-8H,9-10H2,1-2H3,(H,22,25)(H,23,26). The molecule has 2 N–H and O–H groups in total. The smallest absolute Gasteiger partial charge is 0.238 e. The quantitative estimate of drug-likeness (QED) is 0.666. The molecule has 8 heteroatoms. The molecule has 0 unspecified atom stereocenters. The Bertz CT molecular complexity index is 830. The molecule has 0 saturated carbocycles. The lowest BCUT2D eigenvalue weighted by Gasteiger charge is -2.16. The number of rotatable bonds is 6. The largest absolute Gasteiger partial charge is 0.325 e. The Morgan fingerprint density at radius 2 is 1.65 bits per heavy atom. The summed E-state index contributed by atoms with van der Waals surface area (Å²) in [6.07, 6.45) is 0. The summed E-state index contributed by atoms with van der Waals surface area (Å²) >= 11 is 15.2. The molecular formula is C18H18BrCl2N3O2. The maximum absolute atomic E-state index is 12.1. The predicted octanol–water partition coefficient (Wildman–Crippen LogP) is 4.57. The van der Waals surface area contributed by atoms with E-state index in [-0.39, 0.29) is 24.9 Å². The Morgan fingerprint density at radius 3 is 2.27 bits per heavy atom. The number of hydrogen-bond acceptors (Lipinski definition) is 3. The van der Waals surface area contributed by atoms with Crippen molar-refractivity contribution < 1.29 is 9.59 Å². The lowest BCUT2D eigenvalue weighted by molar-refractivity contribution is -0.119. The number of carbonyl (C=O) groups is 2. The van der Waals surface area contributed by atoms with Crippen LogP contribution in [0.15, 0.2) is 40.9 Å². The van der Waals surface area contributed by atoms with Gasteiger partial charge in [-0.3, -0.25) is 14.5 Å². The molecule has 0 aromatic heterocycles. The third-order valence-corrected chi connectivity index (χ3v) is 4.82. The molecule has 0 aliphatic rings. The van der Waals surface area contributed by atoms with E-state index in [0.717, 1.165) is 10.0 Å². The molecule has 2 aromatic carbocycles. The van der Waals surface area contributed by atoms with Gasteiger partial charge in [0.25, 0.3) is 0 Å². The fourth-order valence-corrected chi connectivity index (χ4v) is 3.12. The first-order chi connectivity index (χ1) is 12.2. The van der Waals surface area contributed by atoms with Crippen LogP contribution in [0.4, 0.5) is 11.4 Å². The van der Waals surface area contributed by atoms with E-state index in [1.807, 2.05) is 25.1 Å². The van der Waals surface area contributed by atoms with Crippen molar-refractivity contribution >= 4 is 62.3 Å². The van der Waals surface area contributed by atoms with Crippen molar-refractivity contribution in [1.29, 1.82) is 0 Å². The van der Waals surface area contributed by atoms with Gasteiger partial charge in [0, 0.05) is 10.2 Å². The average Bonchev–Trinajstić information content (AvgIpc) is 2.53. The second kappa shape index (κ2) is 9.37. The minimum Gasteiger partial charge on any atom is -0.325 e. The summed E-state index contributed by atoms with van der Waals surface area (Å²) in [6, 6.07) is 10.5. The van der Waals surface area contributed by atoms with E-state index in [9.17, 15) is 9.59 Å². The molecule has 138 valence electrons. The highest BCUT2D eigenvalue weighted by molar-refractivity contribution is 9.10. The number of halogens is 3. The minimum absolute atomic E-state index is 0.0583. The van der Waals surface area contributed by atoms with E-state index in [2.05, 4.69) is 26.6 Å². The van der Waals surface area contributed by atoms with Gasteiger partial charge in [-0.15, -0.1) is 0 Å². The van der Waals surface area contributed by atoms with Gasteiger partial charge >= 0.3 is 0 Å². The summed E-state index contributed by atoms with van der Waals surface area (Å²) in [4.78, 5) is 25.8. The topological polar surface area (TPSA) is 61.4 Å². The van der Waals surface area contributed by atoms with Crippen LogP contribution in [0.25, 0.3) is 0 Å². The second-order valence-electron chi connectivity index (χ2n) is 5.88. The Hall–Kier alpha value is -1.60. The summed E-state index contributed by atoms with van der Waals surface area (Å²) in [5, 5.41) is 6.31. The molecule has 0 heterocycles. The highest BCUT2D eigenvalue weighted by atomic mass is 79.9. The summed E-state index contributed by atoms with van der Waals surface area (Å²) < 4.78 is 0.811. The van der Waals surface area contributed by atoms with Gasteiger partial charge < -0.3 is 10.6 Å². The monoisotopic (exact) mass is 457 g/mol. The Balaban J connectivity index is 1.84. The first-order valence-electron chi connectivity index (χ1n) is 7.74. The van der Waals surface area contributed by atoms with Crippen LogP contribution < -0.4 is 10.6 Å². The molecule has 0 fully saturated rings. The Morgan fingerprint density at radius 1 is 1.00 bits per heavy atom. The van der Waals surface area contributed by atoms with Crippen molar-refractivity contribution in [2.24, 2.45) is 0 Å². The minimum atomic E-state index is -0.254. The Labute approximate surface area is 170 Å². The summed E-state index contributed by atoms with van der Waals surface area (Å²) in [7, 11) is 1.69. The lowest BCUT2D eigenvalue weighted by atomic mass is 10.2. The molecule has 2 rings (SSSR count). The lowest BCUT2D eigenvalue weighted by Crippen LogP contribution is -2.36. The summed E-state index contributed by atoms with van der Waals surface area (Å²) in [6.45, 7) is 2.11. The second-order valence-corrected chi connectivity index (χ2v) is 7.55. The van der Waals surface area contributed by atoms with Gasteiger partial charge in [0.05, 0.1) is 28.8 Å². The van der Waals surface area contributed by atoms with Crippen molar-refractivity contribution in [2.75, 3.05) is 30.8 Å². The van der Waals surface area contributed by atoms with Crippen LogP contribution in [0.2, 0.25) is 10.0 Å². The number of amides is 2. The fourth-order valence-electron chi connectivity index (χ4n) is 2.23. The molecule has 0 bridgehead atoms. The number of nitrogens with zero attached hydrogens (tertiary/aromatic N) is 1. The van der Waals surface area contributed by atoms with Crippen molar-refractivity contribution in [3.05, 3.63) is 56.5 Å². The van der Waals surface area contributed by atoms with Crippen molar-refractivity contribution in [3.63, 3.8) is 0 Å². The number of nitrogens with one attached hydrogen (secondary N) is 2. The van der Waals surface area contributed by atoms with Gasteiger partial charge in [-0.1, -0.05) is 29.3 Å². The van der Waals surface area contributed by atoms with Crippen LogP contribution in [0.1, 0.15) is 5.56 Å². The first kappa shape index (κ1) is 20.7. The van der Waals surface area contributed by atoms with Crippen molar-refractivity contribution in [2.45, 2.75) is 6.92 Å². The van der Waals surface area contributed by atoms with Gasteiger partial charge in [0.15, 0.2) is 0 Å². The van der Waals surface area contributed by atoms with Gasteiger partial charge in [-0.05, 0) is 65.8 Å². The molecule has 0 spiro atoms. The molecule has 0 saturated heterocycles. The third-order valence-electron chi connectivity index (χ3n) is 3.43. The van der Waals surface area contributed by atoms with Crippen LogP contribution in [0.5, 0.6) is 0 Å². The first-order valence-corrected chi connectivity index (χ1v) is 9.29. The van der Waals surface area contributed by atoms with Crippen LogP contribution in [0.3, 0.4) is 0 Å². The zero-order chi connectivity index (χ0) is 19.3. The maximum Gasteiger partial charge on any atom is 0.238 e. The number of anilines is 2.